The maximum Gasteiger partial charge on any atom is 0.332 e. The summed E-state index contributed by atoms with van der Waals surface area (Å²) in [7, 11) is 4.74. The Labute approximate surface area is 214 Å². The van der Waals surface area contributed by atoms with Crippen LogP contribution in [0.5, 0.6) is 11.5 Å². The van der Waals surface area contributed by atoms with Gasteiger partial charge in [-0.05, 0) is 42.9 Å². The van der Waals surface area contributed by atoms with Gasteiger partial charge in [0.05, 0.1) is 20.3 Å². The number of hydrogen-bond donors (Lipinski definition) is 2. The van der Waals surface area contributed by atoms with Gasteiger partial charge in [-0.15, -0.1) is 0 Å². The molecule has 2 aliphatic rings. The number of benzene rings is 1. The van der Waals surface area contributed by atoms with Crippen LogP contribution in [0.1, 0.15) is 51.5 Å². The molecule has 0 saturated carbocycles. The van der Waals surface area contributed by atoms with Gasteiger partial charge in [-0.3, -0.25) is 15.0 Å². The Bertz CT molecular complexity index is 918. The standard InChI is InChI=1S/C26H41N5O5/c1-18(2)13-21-25(33)29(16-19-9-10-22(35-4)23(14-19)36-5)17-20(15-24(32)27-3)31(21)26(34)28-30-11-7-6-8-12-30/h9-10,14,18,20-21H,6-8,11-13,15-17H2,1-5H3,(H,27,32)(H,28,34)/t20-,21-/m1/s1. The number of ether oxygens (including phenoxy) is 2. The van der Waals surface area contributed by atoms with Gasteiger partial charge < -0.3 is 24.6 Å². The van der Waals surface area contributed by atoms with Crippen LogP contribution in [0.3, 0.4) is 0 Å². The molecule has 200 valence electrons. The molecule has 4 amide bonds. The number of piperidine rings is 1. The van der Waals surface area contributed by atoms with Crippen molar-refractivity contribution < 1.29 is 23.9 Å². The van der Waals surface area contributed by atoms with Gasteiger partial charge in [-0.25, -0.2) is 9.80 Å². The number of nitrogens with zero attached hydrogens (tertiary/aromatic N) is 3. The van der Waals surface area contributed by atoms with Crippen LogP contribution in [0.4, 0.5) is 4.79 Å². The summed E-state index contributed by atoms with van der Waals surface area (Å²) >= 11 is 0. The second-order valence-corrected chi connectivity index (χ2v) is 9.96. The fourth-order valence-electron chi connectivity index (χ4n) is 5.00. The minimum absolute atomic E-state index is 0.111. The summed E-state index contributed by atoms with van der Waals surface area (Å²) in [6.07, 6.45) is 3.83. The summed E-state index contributed by atoms with van der Waals surface area (Å²) in [5, 5.41) is 4.60. The van der Waals surface area contributed by atoms with E-state index in [1.165, 1.54) is 0 Å². The van der Waals surface area contributed by atoms with Crippen LogP contribution in [0.15, 0.2) is 18.2 Å². The van der Waals surface area contributed by atoms with Gasteiger partial charge in [0.1, 0.15) is 6.04 Å². The van der Waals surface area contributed by atoms with Crippen molar-refractivity contribution in [1.82, 2.24) is 25.6 Å². The third-order valence-corrected chi connectivity index (χ3v) is 6.82. The van der Waals surface area contributed by atoms with Crippen LogP contribution < -0.4 is 20.2 Å². The molecule has 0 unspecified atom stereocenters. The smallest absolute Gasteiger partial charge is 0.332 e. The number of hydrazine groups is 1. The van der Waals surface area contributed by atoms with Crippen LogP contribution in [0.2, 0.25) is 0 Å². The number of carbonyl (C=O) groups excluding carboxylic acids is 3. The molecule has 0 aliphatic carbocycles. The minimum Gasteiger partial charge on any atom is -0.493 e. The largest absolute Gasteiger partial charge is 0.493 e. The van der Waals surface area contributed by atoms with Crippen molar-refractivity contribution >= 4 is 17.8 Å². The molecular weight excluding hydrogens is 462 g/mol. The van der Waals surface area contributed by atoms with E-state index in [0.29, 0.717) is 24.5 Å². The number of urea groups is 1. The highest BCUT2D eigenvalue weighted by molar-refractivity contribution is 5.89. The molecular formula is C26H41N5O5. The zero-order chi connectivity index (χ0) is 26.2. The lowest BCUT2D eigenvalue weighted by Crippen LogP contribution is -2.67. The highest BCUT2D eigenvalue weighted by Crippen LogP contribution is 2.30. The number of rotatable bonds is 9. The van der Waals surface area contributed by atoms with Gasteiger partial charge in [0.15, 0.2) is 11.5 Å². The molecule has 0 radical (unpaired) electrons. The molecule has 2 atom stereocenters. The van der Waals surface area contributed by atoms with Crippen molar-refractivity contribution in [2.24, 2.45) is 5.92 Å². The first-order chi connectivity index (χ1) is 17.3. The van der Waals surface area contributed by atoms with E-state index in [4.69, 9.17) is 9.47 Å². The molecule has 10 nitrogen and oxygen atoms in total. The lowest BCUT2D eigenvalue weighted by atomic mass is 9.94. The molecule has 2 N–H and O–H groups in total. The summed E-state index contributed by atoms with van der Waals surface area (Å²) in [5.74, 6) is 1.11. The summed E-state index contributed by atoms with van der Waals surface area (Å²) in [4.78, 5) is 43.2. The van der Waals surface area contributed by atoms with E-state index in [0.717, 1.165) is 37.9 Å². The Morgan fingerprint density at radius 1 is 1.08 bits per heavy atom. The molecule has 2 fully saturated rings. The fourth-order valence-corrected chi connectivity index (χ4v) is 5.00. The summed E-state index contributed by atoms with van der Waals surface area (Å²) in [6, 6.07) is 4.15. The van der Waals surface area contributed by atoms with E-state index >= 15 is 0 Å². The van der Waals surface area contributed by atoms with Crippen molar-refractivity contribution in [2.75, 3.05) is 40.9 Å². The molecule has 0 spiro atoms. The average molecular weight is 504 g/mol. The molecule has 1 aromatic rings. The number of piperazine rings is 1. The lowest BCUT2D eigenvalue weighted by Gasteiger charge is -2.47. The van der Waals surface area contributed by atoms with Crippen LogP contribution in [-0.2, 0) is 16.1 Å². The number of hydrogen-bond acceptors (Lipinski definition) is 6. The van der Waals surface area contributed by atoms with Crippen molar-refractivity contribution in [1.29, 1.82) is 0 Å². The van der Waals surface area contributed by atoms with E-state index in [1.54, 1.807) is 31.1 Å². The topological polar surface area (TPSA) is 103 Å². The van der Waals surface area contributed by atoms with E-state index in [1.807, 2.05) is 37.1 Å². The van der Waals surface area contributed by atoms with Crippen molar-refractivity contribution in [3.63, 3.8) is 0 Å². The number of carbonyl (C=O) groups is 3. The maximum atomic E-state index is 13.8. The first-order valence-electron chi connectivity index (χ1n) is 12.8. The highest BCUT2D eigenvalue weighted by Gasteiger charge is 2.44. The van der Waals surface area contributed by atoms with Crippen LogP contribution in [-0.4, -0.2) is 85.6 Å². The van der Waals surface area contributed by atoms with Crippen molar-refractivity contribution in [3.8, 4) is 11.5 Å². The first-order valence-corrected chi connectivity index (χ1v) is 12.8. The third-order valence-electron chi connectivity index (χ3n) is 6.82. The van der Waals surface area contributed by atoms with Crippen molar-refractivity contribution in [2.45, 2.75) is 64.6 Å². The zero-order valence-electron chi connectivity index (χ0n) is 22.2. The Morgan fingerprint density at radius 2 is 1.78 bits per heavy atom. The van der Waals surface area contributed by atoms with Crippen molar-refractivity contribution in [3.05, 3.63) is 23.8 Å². The van der Waals surface area contributed by atoms with Gasteiger partial charge in [0, 0.05) is 39.6 Å². The maximum absolute atomic E-state index is 13.8. The lowest BCUT2D eigenvalue weighted by molar-refractivity contribution is -0.146. The van der Waals surface area contributed by atoms with Gasteiger partial charge >= 0.3 is 6.03 Å². The Hall–Kier alpha value is -3.01. The second kappa shape index (κ2) is 12.8. The zero-order valence-corrected chi connectivity index (χ0v) is 22.2. The number of amides is 4. The minimum atomic E-state index is -0.654. The van der Waals surface area contributed by atoms with E-state index < -0.39 is 12.1 Å². The summed E-state index contributed by atoms with van der Waals surface area (Å²) in [5.41, 5.74) is 3.90. The number of methoxy groups -OCH3 is 2. The van der Waals surface area contributed by atoms with E-state index in [9.17, 15) is 14.4 Å². The molecule has 3 rings (SSSR count). The quantitative estimate of drug-likeness (QED) is 0.536. The summed E-state index contributed by atoms with van der Waals surface area (Å²) in [6.45, 7) is 6.26. The highest BCUT2D eigenvalue weighted by atomic mass is 16.5. The molecule has 0 aromatic heterocycles. The van der Waals surface area contributed by atoms with Gasteiger partial charge in [-0.2, -0.15) is 0 Å². The third kappa shape index (κ3) is 6.81. The number of nitrogens with one attached hydrogen (secondary N) is 2. The SMILES string of the molecule is CNC(=O)C[C@@H]1CN(Cc2ccc(OC)c(OC)c2)C(=O)[C@@H](CC(C)C)N1C(=O)NN1CCCCC1. The monoisotopic (exact) mass is 503 g/mol. The summed E-state index contributed by atoms with van der Waals surface area (Å²) < 4.78 is 10.8. The van der Waals surface area contributed by atoms with Crippen LogP contribution in [0, 0.1) is 5.92 Å². The van der Waals surface area contributed by atoms with Crippen LogP contribution >= 0.6 is 0 Å². The first kappa shape index (κ1) is 27.6. The van der Waals surface area contributed by atoms with E-state index in [2.05, 4.69) is 10.7 Å². The molecule has 2 heterocycles. The molecule has 10 heteroatoms. The van der Waals surface area contributed by atoms with Crippen LogP contribution in [0.25, 0.3) is 0 Å². The molecule has 36 heavy (non-hydrogen) atoms. The predicted octanol–water partition coefficient (Wildman–Crippen LogP) is 2.38. The predicted molar refractivity (Wildman–Crippen MR) is 136 cm³/mol. The molecule has 2 saturated heterocycles. The normalized spacial score (nSPS) is 20.9. The molecule has 1 aromatic carbocycles. The average Bonchev–Trinajstić information content (AvgIpc) is 2.86. The molecule has 0 bridgehead atoms. The van der Waals surface area contributed by atoms with Gasteiger partial charge in [0.25, 0.3) is 0 Å². The van der Waals surface area contributed by atoms with Gasteiger partial charge in [-0.1, -0.05) is 26.3 Å². The fraction of sp³-hybridized carbons (Fsp3) is 0.654. The second-order valence-electron chi connectivity index (χ2n) is 9.96. The Balaban J connectivity index is 1.89. The Morgan fingerprint density at radius 3 is 2.39 bits per heavy atom. The van der Waals surface area contributed by atoms with E-state index in [-0.39, 0.29) is 36.7 Å². The molecule has 2 aliphatic heterocycles. The van der Waals surface area contributed by atoms with Gasteiger partial charge in [0.2, 0.25) is 11.8 Å². The Kier molecular flexibility index (Phi) is 9.81.